The molecule has 1 fully saturated rings. The summed E-state index contributed by atoms with van der Waals surface area (Å²) in [6.45, 7) is 8.85. The second-order valence-corrected chi connectivity index (χ2v) is 8.54. The van der Waals surface area contributed by atoms with Crippen molar-refractivity contribution in [2.24, 2.45) is 5.10 Å². The van der Waals surface area contributed by atoms with Gasteiger partial charge in [0, 0.05) is 37.5 Å². The Kier molecular flexibility index (Phi) is 11.0. The monoisotopic (exact) mass is 474 g/mol. The Morgan fingerprint density at radius 3 is 2.57 bits per heavy atom. The second-order valence-electron chi connectivity index (χ2n) is 8.54. The third-order valence-corrected chi connectivity index (χ3v) is 5.44. The molecule has 186 valence electrons. The average Bonchev–Trinajstić information content (AvgIpc) is 2.90. The van der Waals surface area contributed by atoms with Crippen molar-refractivity contribution in [2.45, 2.75) is 59.3 Å². The van der Waals surface area contributed by atoms with Gasteiger partial charge in [-0.05, 0) is 48.9 Å². The fourth-order valence-corrected chi connectivity index (χ4v) is 3.68. The van der Waals surface area contributed by atoms with Crippen molar-refractivity contribution in [3.05, 3.63) is 71.5 Å². The molecule has 0 atom stereocenters. The number of aromatic nitrogens is 3. The normalized spacial score (nSPS) is 13.3. The van der Waals surface area contributed by atoms with Gasteiger partial charge in [0.2, 0.25) is 0 Å². The Balaban J connectivity index is 0.00000108. The first-order valence-corrected chi connectivity index (χ1v) is 12.8. The Morgan fingerprint density at radius 1 is 1.00 bits per heavy atom. The molecule has 0 spiro atoms. The van der Waals surface area contributed by atoms with Gasteiger partial charge < -0.3 is 9.64 Å². The number of rotatable bonds is 9. The molecule has 7 nitrogen and oxygen atoms in total. The molecular weight excluding hydrogens is 436 g/mol. The van der Waals surface area contributed by atoms with Crippen molar-refractivity contribution < 1.29 is 4.74 Å². The minimum atomic E-state index is 0.356. The van der Waals surface area contributed by atoms with Gasteiger partial charge in [-0.25, -0.2) is 0 Å². The molecule has 1 aliphatic heterocycles. The molecular formula is C28H38N6O. The lowest BCUT2D eigenvalue weighted by molar-refractivity contribution is 0.295. The third kappa shape index (κ3) is 9.00. The third-order valence-electron chi connectivity index (χ3n) is 5.44. The Labute approximate surface area is 209 Å². The molecule has 0 bridgehead atoms. The van der Waals surface area contributed by atoms with Crippen LogP contribution in [-0.4, -0.2) is 40.9 Å². The van der Waals surface area contributed by atoms with E-state index in [0.29, 0.717) is 24.9 Å². The summed E-state index contributed by atoms with van der Waals surface area (Å²) in [5.74, 6) is 1.49. The molecule has 1 N–H and O–H groups in total. The van der Waals surface area contributed by atoms with Crippen LogP contribution in [0, 0.1) is 0 Å². The summed E-state index contributed by atoms with van der Waals surface area (Å²) < 4.78 is 5.90. The van der Waals surface area contributed by atoms with Crippen LogP contribution >= 0.6 is 0 Å². The number of nitrogens with one attached hydrogen (secondary N) is 1. The van der Waals surface area contributed by atoms with E-state index < -0.39 is 0 Å². The molecule has 3 aromatic rings. The highest BCUT2D eigenvalue weighted by atomic mass is 16.5. The molecule has 3 heterocycles. The van der Waals surface area contributed by atoms with Crippen LogP contribution in [0.5, 0.6) is 6.01 Å². The maximum atomic E-state index is 5.90. The van der Waals surface area contributed by atoms with Crippen molar-refractivity contribution in [1.29, 1.82) is 0 Å². The quantitative estimate of drug-likeness (QED) is 0.307. The van der Waals surface area contributed by atoms with Crippen molar-refractivity contribution in [3.8, 4) is 6.01 Å². The van der Waals surface area contributed by atoms with E-state index in [-0.39, 0.29) is 0 Å². The number of pyridine rings is 1. The number of ether oxygens (including phenoxy) is 1. The molecule has 1 aliphatic rings. The van der Waals surface area contributed by atoms with E-state index in [4.69, 9.17) is 4.74 Å². The molecule has 1 aromatic carbocycles. The zero-order valence-electron chi connectivity index (χ0n) is 21.3. The predicted molar refractivity (Wildman–Crippen MR) is 145 cm³/mol. The lowest BCUT2D eigenvalue weighted by Gasteiger charge is -2.28. The molecule has 0 saturated carbocycles. The van der Waals surface area contributed by atoms with E-state index in [1.807, 2.05) is 42.6 Å². The van der Waals surface area contributed by atoms with Gasteiger partial charge in [0.25, 0.3) is 0 Å². The van der Waals surface area contributed by atoms with Crippen LogP contribution in [0.25, 0.3) is 0 Å². The smallest absolute Gasteiger partial charge is 0.320 e. The van der Waals surface area contributed by atoms with Crippen molar-refractivity contribution in [2.75, 3.05) is 30.0 Å². The van der Waals surface area contributed by atoms with E-state index in [1.54, 1.807) is 6.20 Å². The summed E-state index contributed by atoms with van der Waals surface area (Å²) in [4.78, 5) is 15.8. The van der Waals surface area contributed by atoms with Gasteiger partial charge >= 0.3 is 6.01 Å². The standard InChI is InChI=1S/C25H30N6O.C3H8/c1-2-20-9-8-10-21(17-20)19-27-30-23-18-24(31-14-6-3-7-15-31)29-25(28-23)32-16-12-22-11-4-5-13-26-22;1-3-2/h4-5,8-11,13,17-19H,2-3,6-7,12,14-16H2,1H3,(H,28,29,30);3H2,1-2H3/b27-19+;. The van der Waals surface area contributed by atoms with Gasteiger partial charge in [-0.1, -0.05) is 57.5 Å². The fourth-order valence-electron chi connectivity index (χ4n) is 3.68. The lowest BCUT2D eigenvalue weighted by Crippen LogP contribution is -2.30. The molecule has 0 amide bonds. The van der Waals surface area contributed by atoms with E-state index >= 15 is 0 Å². The van der Waals surface area contributed by atoms with E-state index in [0.717, 1.165) is 36.6 Å². The zero-order valence-corrected chi connectivity index (χ0v) is 21.3. The molecule has 0 aliphatic carbocycles. The summed E-state index contributed by atoms with van der Waals surface area (Å²) in [6.07, 6.45) is 10.2. The first-order valence-electron chi connectivity index (χ1n) is 12.8. The van der Waals surface area contributed by atoms with Crippen molar-refractivity contribution in [3.63, 3.8) is 0 Å². The first kappa shape index (κ1) is 26.1. The Morgan fingerprint density at radius 2 is 1.83 bits per heavy atom. The molecule has 7 heteroatoms. The molecule has 4 rings (SSSR count). The van der Waals surface area contributed by atoms with Gasteiger partial charge in [0.1, 0.15) is 5.82 Å². The topological polar surface area (TPSA) is 75.5 Å². The first-order chi connectivity index (χ1) is 17.2. The summed E-state index contributed by atoms with van der Waals surface area (Å²) in [6, 6.07) is 16.5. The summed E-state index contributed by atoms with van der Waals surface area (Å²) >= 11 is 0. The van der Waals surface area contributed by atoms with Gasteiger partial charge in [0.15, 0.2) is 5.82 Å². The molecule has 0 radical (unpaired) electrons. The number of piperidine rings is 1. The number of aryl methyl sites for hydroxylation is 1. The van der Waals surface area contributed by atoms with E-state index in [1.165, 1.54) is 31.2 Å². The van der Waals surface area contributed by atoms with Gasteiger partial charge in [-0.3, -0.25) is 10.4 Å². The molecule has 1 saturated heterocycles. The SMILES string of the molecule is CCC.CCc1cccc(/C=N/Nc2cc(N3CCCCC3)nc(OCCc3ccccn3)n2)c1. The molecule has 35 heavy (non-hydrogen) atoms. The molecule has 0 unspecified atom stereocenters. The fraction of sp³-hybridized carbons (Fsp3) is 0.429. The zero-order chi connectivity index (χ0) is 24.7. The minimum absolute atomic E-state index is 0.356. The summed E-state index contributed by atoms with van der Waals surface area (Å²) in [5.41, 5.74) is 6.38. The predicted octanol–water partition coefficient (Wildman–Crippen LogP) is 5.91. The van der Waals surface area contributed by atoms with Crippen LogP contribution in [0.3, 0.4) is 0 Å². The van der Waals surface area contributed by atoms with Crippen LogP contribution in [0.2, 0.25) is 0 Å². The Hall–Kier alpha value is -3.48. The van der Waals surface area contributed by atoms with Crippen LogP contribution in [0.1, 0.15) is 63.3 Å². The maximum absolute atomic E-state index is 5.90. The van der Waals surface area contributed by atoms with Crippen LogP contribution in [0.4, 0.5) is 11.6 Å². The van der Waals surface area contributed by atoms with Crippen LogP contribution in [0.15, 0.2) is 59.8 Å². The van der Waals surface area contributed by atoms with E-state index in [2.05, 4.69) is 63.3 Å². The van der Waals surface area contributed by atoms with Gasteiger partial charge in [-0.2, -0.15) is 15.1 Å². The number of hydrogen-bond acceptors (Lipinski definition) is 7. The van der Waals surface area contributed by atoms with Crippen molar-refractivity contribution >= 4 is 17.9 Å². The largest absolute Gasteiger partial charge is 0.463 e. The number of benzene rings is 1. The summed E-state index contributed by atoms with van der Waals surface area (Å²) in [7, 11) is 0. The van der Waals surface area contributed by atoms with Gasteiger partial charge in [-0.15, -0.1) is 0 Å². The highest BCUT2D eigenvalue weighted by Gasteiger charge is 2.15. The highest BCUT2D eigenvalue weighted by Crippen LogP contribution is 2.23. The maximum Gasteiger partial charge on any atom is 0.320 e. The van der Waals surface area contributed by atoms with Gasteiger partial charge in [0.05, 0.1) is 12.8 Å². The Bertz CT molecular complexity index is 1030. The average molecular weight is 475 g/mol. The highest BCUT2D eigenvalue weighted by molar-refractivity contribution is 5.80. The lowest BCUT2D eigenvalue weighted by atomic mass is 10.1. The van der Waals surface area contributed by atoms with Crippen molar-refractivity contribution in [1.82, 2.24) is 15.0 Å². The number of nitrogens with zero attached hydrogens (tertiary/aromatic N) is 5. The van der Waals surface area contributed by atoms with Crippen LogP contribution in [-0.2, 0) is 12.8 Å². The molecule has 2 aromatic heterocycles. The number of anilines is 2. The van der Waals surface area contributed by atoms with Crippen LogP contribution < -0.4 is 15.1 Å². The number of hydrazone groups is 1. The summed E-state index contributed by atoms with van der Waals surface area (Å²) in [5, 5.41) is 4.39. The number of hydrogen-bond donors (Lipinski definition) is 1. The second kappa shape index (κ2) is 14.7. The minimum Gasteiger partial charge on any atom is -0.463 e. The van der Waals surface area contributed by atoms with E-state index in [9.17, 15) is 0 Å².